The van der Waals surface area contributed by atoms with Gasteiger partial charge in [-0.15, -0.1) is 0 Å². The third-order valence-electron chi connectivity index (χ3n) is 1.88. The van der Waals surface area contributed by atoms with E-state index in [1.54, 1.807) is 19.1 Å². The Hall–Kier alpha value is -0.480. The minimum atomic E-state index is -2.43. The van der Waals surface area contributed by atoms with Crippen molar-refractivity contribution in [2.24, 2.45) is 5.73 Å². The molecule has 0 saturated heterocycles. The number of nitrogens with two attached hydrogens (primary N) is 1. The van der Waals surface area contributed by atoms with Crippen LogP contribution in [0, 0.1) is 0 Å². The van der Waals surface area contributed by atoms with E-state index < -0.39 is 6.43 Å². The maximum absolute atomic E-state index is 12.6. The van der Waals surface area contributed by atoms with Gasteiger partial charge in [-0.25, -0.2) is 8.78 Å². The standard InChI is InChI=1S/C10H12BrF2N/c1-6(14)4-7-5-8(11)2-3-9(7)10(12)13/h2-3,5-6,10H,4,14H2,1H3. The largest absolute Gasteiger partial charge is 0.328 e. The van der Waals surface area contributed by atoms with E-state index in [1.165, 1.54) is 6.07 Å². The Balaban J connectivity index is 3.03. The Morgan fingerprint density at radius 2 is 2.07 bits per heavy atom. The topological polar surface area (TPSA) is 26.0 Å². The molecule has 0 aliphatic rings. The summed E-state index contributed by atoms with van der Waals surface area (Å²) in [5.74, 6) is 0. The molecule has 0 spiro atoms. The Labute approximate surface area is 90.4 Å². The van der Waals surface area contributed by atoms with Gasteiger partial charge in [-0.05, 0) is 31.0 Å². The minimum Gasteiger partial charge on any atom is -0.328 e. The molecular formula is C10H12BrF2N. The lowest BCUT2D eigenvalue weighted by Gasteiger charge is -2.11. The lowest BCUT2D eigenvalue weighted by Crippen LogP contribution is -2.18. The number of rotatable bonds is 3. The second-order valence-corrected chi connectivity index (χ2v) is 4.24. The fraction of sp³-hybridized carbons (Fsp3) is 0.400. The average molecular weight is 264 g/mol. The van der Waals surface area contributed by atoms with Crippen molar-refractivity contribution >= 4 is 15.9 Å². The van der Waals surface area contributed by atoms with Crippen LogP contribution >= 0.6 is 15.9 Å². The number of hydrogen-bond donors (Lipinski definition) is 1. The van der Waals surface area contributed by atoms with Crippen molar-refractivity contribution < 1.29 is 8.78 Å². The van der Waals surface area contributed by atoms with Crippen molar-refractivity contribution in [3.8, 4) is 0 Å². The van der Waals surface area contributed by atoms with Crippen LogP contribution in [0.25, 0.3) is 0 Å². The van der Waals surface area contributed by atoms with Gasteiger partial charge in [-0.1, -0.05) is 22.0 Å². The summed E-state index contributed by atoms with van der Waals surface area (Å²) in [6, 6.07) is 4.64. The molecule has 0 radical (unpaired) electrons. The maximum atomic E-state index is 12.6. The molecule has 1 atom stereocenters. The molecule has 1 unspecified atom stereocenters. The number of hydrogen-bond acceptors (Lipinski definition) is 1. The third-order valence-corrected chi connectivity index (χ3v) is 2.38. The zero-order valence-electron chi connectivity index (χ0n) is 7.81. The lowest BCUT2D eigenvalue weighted by molar-refractivity contribution is 0.150. The molecule has 14 heavy (non-hydrogen) atoms. The van der Waals surface area contributed by atoms with Crippen LogP contribution in [0.1, 0.15) is 24.5 Å². The smallest absolute Gasteiger partial charge is 0.264 e. The van der Waals surface area contributed by atoms with E-state index in [2.05, 4.69) is 15.9 Å². The maximum Gasteiger partial charge on any atom is 0.264 e. The van der Waals surface area contributed by atoms with Crippen LogP contribution in [-0.4, -0.2) is 6.04 Å². The molecular weight excluding hydrogens is 252 g/mol. The fourth-order valence-electron chi connectivity index (χ4n) is 1.31. The molecule has 0 aliphatic heterocycles. The first kappa shape index (κ1) is 11.6. The van der Waals surface area contributed by atoms with E-state index in [0.717, 1.165) is 4.47 Å². The van der Waals surface area contributed by atoms with Gasteiger partial charge in [0, 0.05) is 16.1 Å². The fourth-order valence-corrected chi connectivity index (χ4v) is 1.72. The highest BCUT2D eigenvalue weighted by atomic mass is 79.9. The molecule has 0 aromatic heterocycles. The Morgan fingerprint density at radius 3 is 2.57 bits per heavy atom. The molecule has 1 rings (SSSR count). The molecule has 1 nitrogen and oxygen atoms in total. The van der Waals surface area contributed by atoms with Gasteiger partial charge in [0.1, 0.15) is 0 Å². The first-order chi connectivity index (χ1) is 6.50. The monoisotopic (exact) mass is 263 g/mol. The molecule has 4 heteroatoms. The SMILES string of the molecule is CC(N)Cc1cc(Br)ccc1C(F)F. The van der Waals surface area contributed by atoms with Gasteiger partial charge in [-0.2, -0.15) is 0 Å². The summed E-state index contributed by atoms with van der Waals surface area (Å²) in [4.78, 5) is 0. The van der Waals surface area contributed by atoms with Crippen LogP contribution in [0.4, 0.5) is 8.78 Å². The molecule has 0 heterocycles. The Kier molecular flexibility index (Phi) is 4.01. The predicted octanol–water partition coefficient (Wildman–Crippen LogP) is 3.28. The second-order valence-electron chi connectivity index (χ2n) is 3.33. The van der Waals surface area contributed by atoms with Crippen LogP contribution < -0.4 is 5.73 Å². The van der Waals surface area contributed by atoms with Gasteiger partial charge in [0.05, 0.1) is 0 Å². The van der Waals surface area contributed by atoms with Crippen molar-refractivity contribution in [2.75, 3.05) is 0 Å². The van der Waals surface area contributed by atoms with E-state index in [1.807, 2.05) is 0 Å². The summed E-state index contributed by atoms with van der Waals surface area (Å²) in [5.41, 5.74) is 6.27. The molecule has 0 bridgehead atoms. The van der Waals surface area contributed by atoms with Gasteiger partial charge in [0.2, 0.25) is 0 Å². The first-order valence-corrected chi connectivity index (χ1v) is 5.12. The summed E-state index contributed by atoms with van der Waals surface area (Å²) in [6.07, 6.45) is -1.96. The molecule has 2 N–H and O–H groups in total. The summed E-state index contributed by atoms with van der Waals surface area (Å²) in [6.45, 7) is 1.80. The van der Waals surface area contributed by atoms with Crippen molar-refractivity contribution in [2.45, 2.75) is 25.8 Å². The van der Waals surface area contributed by atoms with Gasteiger partial charge >= 0.3 is 0 Å². The van der Waals surface area contributed by atoms with Crippen LogP contribution in [0.2, 0.25) is 0 Å². The van der Waals surface area contributed by atoms with Crippen LogP contribution in [0.3, 0.4) is 0 Å². The highest BCUT2D eigenvalue weighted by Crippen LogP contribution is 2.26. The zero-order chi connectivity index (χ0) is 10.7. The number of alkyl halides is 2. The van der Waals surface area contributed by atoms with Gasteiger partial charge < -0.3 is 5.73 Å². The Bertz CT molecular complexity index is 313. The molecule has 0 amide bonds. The summed E-state index contributed by atoms with van der Waals surface area (Å²) >= 11 is 3.25. The van der Waals surface area contributed by atoms with Crippen molar-refractivity contribution in [1.29, 1.82) is 0 Å². The number of halogens is 3. The lowest BCUT2D eigenvalue weighted by atomic mass is 10.0. The van der Waals surface area contributed by atoms with Crippen molar-refractivity contribution in [3.63, 3.8) is 0 Å². The molecule has 0 saturated carbocycles. The first-order valence-electron chi connectivity index (χ1n) is 4.32. The minimum absolute atomic E-state index is 0.0745. The molecule has 1 aromatic rings. The van der Waals surface area contributed by atoms with E-state index in [0.29, 0.717) is 12.0 Å². The summed E-state index contributed by atoms with van der Waals surface area (Å²) in [7, 11) is 0. The van der Waals surface area contributed by atoms with Crippen LogP contribution in [-0.2, 0) is 6.42 Å². The predicted molar refractivity (Wildman–Crippen MR) is 56.5 cm³/mol. The second kappa shape index (κ2) is 4.84. The highest BCUT2D eigenvalue weighted by Gasteiger charge is 2.13. The summed E-state index contributed by atoms with van der Waals surface area (Å²) < 4.78 is 25.9. The van der Waals surface area contributed by atoms with Crippen LogP contribution in [0.15, 0.2) is 22.7 Å². The van der Waals surface area contributed by atoms with Gasteiger partial charge in [-0.3, -0.25) is 0 Å². The van der Waals surface area contributed by atoms with Crippen molar-refractivity contribution in [1.82, 2.24) is 0 Å². The normalized spacial score (nSPS) is 13.3. The Morgan fingerprint density at radius 1 is 1.43 bits per heavy atom. The van der Waals surface area contributed by atoms with Gasteiger partial charge in [0.15, 0.2) is 0 Å². The van der Waals surface area contributed by atoms with E-state index in [9.17, 15) is 8.78 Å². The third kappa shape index (κ3) is 3.03. The average Bonchev–Trinajstić information content (AvgIpc) is 2.01. The van der Waals surface area contributed by atoms with E-state index >= 15 is 0 Å². The van der Waals surface area contributed by atoms with E-state index in [4.69, 9.17) is 5.73 Å². The molecule has 0 aliphatic carbocycles. The van der Waals surface area contributed by atoms with Crippen molar-refractivity contribution in [3.05, 3.63) is 33.8 Å². The number of benzene rings is 1. The molecule has 78 valence electrons. The molecule has 1 aromatic carbocycles. The zero-order valence-corrected chi connectivity index (χ0v) is 9.39. The molecule has 0 fully saturated rings. The van der Waals surface area contributed by atoms with Gasteiger partial charge in [0.25, 0.3) is 6.43 Å². The van der Waals surface area contributed by atoms with Crippen LogP contribution in [0.5, 0.6) is 0 Å². The highest BCUT2D eigenvalue weighted by molar-refractivity contribution is 9.10. The summed E-state index contributed by atoms with van der Waals surface area (Å²) in [5, 5.41) is 0. The van der Waals surface area contributed by atoms with E-state index in [-0.39, 0.29) is 11.6 Å². The quantitative estimate of drug-likeness (QED) is 0.890.